The van der Waals surface area contributed by atoms with Gasteiger partial charge >= 0.3 is 0 Å². The molecule has 0 heterocycles. The van der Waals surface area contributed by atoms with Gasteiger partial charge in [0.25, 0.3) is 0 Å². The number of hydrogen-bond donors (Lipinski definition) is 1. The topological polar surface area (TPSA) is 63.4 Å². The van der Waals surface area contributed by atoms with E-state index in [2.05, 4.69) is 11.0 Å². The molecule has 134 valence electrons. The van der Waals surface area contributed by atoms with Gasteiger partial charge in [0.2, 0.25) is 10.0 Å². The molecule has 3 aromatic carbocycles. The normalized spacial score (nSPS) is 11.4. The summed E-state index contributed by atoms with van der Waals surface area (Å²) in [6, 6.07) is 20.8. The van der Waals surface area contributed by atoms with Gasteiger partial charge < -0.3 is 4.90 Å². The average Bonchev–Trinajstić information content (AvgIpc) is 2.60. The summed E-state index contributed by atoms with van der Waals surface area (Å²) in [5, 5.41) is 5.50. The molecule has 3 aromatic rings. The Morgan fingerprint density at radius 1 is 0.846 bits per heavy atom. The van der Waals surface area contributed by atoms with Gasteiger partial charge in [-0.25, -0.2) is 13.6 Å². The van der Waals surface area contributed by atoms with Crippen LogP contribution in [0.25, 0.3) is 22.3 Å². The number of hydrogen-bond acceptors (Lipinski definition) is 3. The summed E-state index contributed by atoms with van der Waals surface area (Å²) in [5.74, 6) is 0. The van der Waals surface area contributed by atoms with Crippen LogP contribution in [0.4, 0.5) is 5.69 Å². The predicted molar refractivity (Wildman–Crippen MR) is 108 cm³/mol. The van der Waals surface area contributed by atoms with Crippen molar-refractivity contribution in [2.45, 2.75) is 11.8 Å². The zero-order chi connectivity index (χ0) is 18.9. The summed E-state index contributed by atoms with van der Waals surface area (Å²) in [7, 11) is 0.146. The Kier molecular flexibility index (Phi) is 4.85. The number of benzene rings is 3. The van der Waals surface area contributed by atoms with Gasteiger partial charge in [-0.3, -0.25) is 0 Å². The van der Waals surface area contributed by atoms with Crippen LogP contribution in [-0.2, 0) is 10.0 Å². The molecule has 0 aliphatic heterocycles. The first-order chi connectivity index (χ1) is 12.3. The van der Waals surface area contributed by atoms with Crippen LogP contribution in [0.15, 0.2) is 71.6 Å². The van der Waals surface area contributed by atoms with Crippen LogP contribution in [-0.4, -0.2) is 22.5 Å². The Morgan fingerprint density at radius 3 is 2.12 bits per heavy atom. The second-order valence-electron chi connectivity index (χ2n) is 6.49. The fraction of sp³-hybridized carbons (Fsp3) is 0.143. The first kappa shape index (κ1) is 18.2. The van der Waals surface area contributed by atoms with Gasteiger partial charge in [0, 0.05) is 25.3 Å². The van der Waals surface area contributed by atoms with Crippen molar-refractivity contribution in [1.82, 2.24) is 0 Å². The molecule has 0 amide bonds. The number of sulfonamides is 1. The van der Waals surface area contributed by atoms with Gasteiger partial charge in [-0.1, -0.05) is 48.5 Å². The van der Waals surface area contributed by atoms with Crippen molar-refractivity contribution in [3.05, 3.63) is 72.3 Å². The zero-order valence-electron chi connectivity index (χ0n) is 15.1. The third-order valence-corrected chi connectivity index (χ3v) is 5.34. The van der Waals surface area contributed by atoms with Crippen molar-refractivity contribution < 1.29 is 8.42 Å². The van der Waals surface area contributed by atoms with E-state index >= 15 is 0 Å². The molecule has 3 rings (SSSR count). The molecule has 0 aromatic heterocycles. The van der Waals surface area contributed by atoms with Crippen molar-refractivity contribution >= 4 is 15.7 Å². The van der Waals surface area contributed by atoms with Gasteiger partial charge in [-0.2, -0.15) is 0 Å². The molecular formula is C21H22N2O2S. The molecule has 0 aliphatic carbocycles. The van der Waals surface area contributed by atoms with Crippen LogP contribution >= 0.6 is 0 Å². The van der Waals surface area contributed by atoms with E-state index in [1.807, 2.05) is 69.6 Å². The Hall–Kier alpha value is -2.63. The van der Waals surface area contributed by atoms with Gasteiger partial charge in [0.05, 0.1) is 4.90 Å². The standard InChI is InChI=1S/C21H22N2O2S/c1-15-14-17(12-13-19(15)23(2)3)18-10-7-11-20(26(22,24)25)21(18)16-8-5-4-6-9-16/h4-14H,1-3H3,(H2,22,24,25). The lowest BCUT2D eigenvalue weighted by molar-refractivity contribution is 0.598. The highest BCUT2D eigenvalue weighted by atomic mass is 32.2. The molecule has 0 unspecified atom stereocenters. The third kappa shape index (κ3) is 3.49. The quantitative estimate of drug-likeness (QED) is 0.758. The maximum absolute atomic E-state index is 12.2. The third-order valence-electron chi connectivity index (χ3n) is 4.38. The van der Waals surface area contributed by atoms with Crippen LogP contribution in [0.1, 0.15) is 5.56 Å². The summed E-state index contributed by atoms with van der Waals surface area (Å²) in [6.07, 6.45) is 0. The largest absolute Gasteiger partial charge is 0.377 e. The SMILES string of the molecule is Cc1cc(-c2cccc(S(N)(=O)=O)c2-c2ccccc2)ccc1N(C)C. The lowest BCUT2D eigenvalue weighted by Crippen LogP contribution is -2.14. The van der Waals surface area contributed by atoms with Crippen molar-refractivity contribution in [2.75, 3.05) is 19.0 Å². The molecule has 0 spiro atoms. The number of nitrogens with two attached hydrogens (primary N) is 1. The van der Waals surface area contributed by atoms with Crippen molar-refractivity contribution in [3.8, 4) is 22.3 Å². The van der Waals surface area contributed by atoms with Crippen molar-refractivity contribution in [3.63, 3.8) is 0 Å². The van der Waals surface area contributed by atoms with Crippen LogP contribution < -0.4 is 10.0 Å². The van der Waals surface area contributed by atoms with E-state index in [1.165, 1.54) is 0 Å². The second-order valence-corrected chi connectivity index (χ2v) is 8.02. The van der Waals surface area contributed by atoms with E-state index in [9.17, 15) is 8.42 Å². The molecule has 2 N–H and O–H groups in total. The Labute approximate surface area is 155 Å². The van der Waals surface area contributed by atoms with Gasteiger partial charge in [-0.15, -0.1) is 0 Å². The Balaban J connectivity index is 2.31. The van der Waals surface area contributed by atoms with Crippen molar-refractivity contribution in [2.24, 2.45) is 5.14 Å². The fourth-order valence-corrected chi connectivity index (χ4v) is 4.02. The van der Waals surface area contributed by atoms with Crippen LogP contribution in [0.3, 0.4) is 0 Å². The maximum Gasteiger partial charge on any atom is 0.238 e. The van der Waals surface area contributed by atoms with Gasteiger partial charge in [0.1, 0.15) is 0 Å². The molecule has 5 heteroatoms. The Morgan fingerprint density at radius 2 is 1.54 bits per heavy atom. The average molecular weight is 366 g/mol. The molecule has 0 saturated carbocycles. The van der Waals surface area contributed by atoms with Crippen LogP contribution in [0, 0.1) is 6.92 Å². The van der Waals surface area contributed by atoms with Crippen molar-refractivity contribution in [1.29, 1.82) is 0 Å². The first-order valence-corrected chi connectivity index (χ1v) is 9.83. The minimum absolute atomic E-state index is 0.135. The smallest absolute Gasteiger partial charge is 0.238 e. The van der Waals surface area contributed by atoms with E-state index in [-0.39, 0.29) is 4.90 Å². The monoisotopic (exact) mass is 366 g/mol. The summed E-state index contributed by atoms with van der Waals surface area (Å²) in [4.78, 5) is 2.19. The van der Waals surface area contributed by atoms with Crippen LogP contribution in [0.2, 0.25) is 0 Å². The van der Waals surface area contributed by atoms with E-state index < -0.39 is 10.0 Å². The minimum atomic E-state index is -3.85. The lowest BCUT2D eigenvalue weighted by atomic mass is 9.93. The number of primary sulfonamides is 1. The molecule has 0 radical (unpaired) electrons. The molecule has 0 saturated heterocycles. The van der Waals surface area contributed by atoms with Gasteiger partial charge in [0.15, 0.2) is 0 Å². The summed E-state index contributed by atoms with van der Waals surface area (Å²) in [5.41, 5.74) is 5.49. The van der Waals surface area contributed by atoms with E-state index in [0.29, 0.717) is 5.56 Å². The highest BCUT2D eigenvalue weighted by Crippen LogP contribution is 2.38. The number of anilines is 1. The maximum atomic E-state index is 12.2. The number of nitrogens with zero attached hydrogens (tertiary/aromatic N) is 1. The summed E-state index contributed by atoms with van der Waals surface area (Å²) < 4.78 is 24.4. The summed E-state index contributed by atoms with van der Waals surface area (Å²) in [6.45, 7) is 2.05. The molecular weight excluding hydrogens is 344 g/mol. The van der Waals surface area contributed by atoms with Gasteiger partial charge in [-0.05, 0) is 47.4 Å². The molecule has 0 fully saturated rings. The second kappa shape index (κ2) is 6.94. The lowest BCUT2D eigenvalue weighted by Gasteiger charge is -2.18. The fourth-order valence-electron chi connectivity index (χ4n) is 3.24. The molecule has 0 bridgehead atoms. The van der Waals surface area contributed by atoms with E-state index in [1.54, 1.807) is 12.1 Å². The summed E-state index contributed by atoms with van der Waals surface area (Å²) >= 11 is 0. The molecule has 26 heavy (non-hydrogen) atoms. The van der Waals surface area contributed by atoms with Crippen LogP contribution in [0.5, 0.6) is 0 Å². The Bertz CT molecular complexity index is 1040. The predicted octanol–water partition coefficient (Wildman–Crippen LogP) is 4.04. The number of rotatable bonds is 4. The zero-order valence-corrected chi connectivity index (χ0v) is 15.9. The molecule has 0 atom stereocenters. The van der Waals surface area contributed by atoms with E-state index in [0.717, 1.165) is 27.9 Å². The molecule has 4 nitrogen and oxygen atoms in total. The molecule has 0 aliphatic rings. The van der Waals surface area contributed by atoms with E-state index in [4.69, 9.17) is 5.14 Å². The highest BCUT2D eigenvalue weighted by Gasteiger charge is 2.19. The number of aryl methyl sites for hydroxylation is 1. The first-order valence-electron chi connectivity index (χ1n) is 8.28. The highest BCUT2D eigenvalue weighted by molar-refractivity contribution is 7.89. The minimum Gasteiger partial charge on any atom is -0.377 e.